The van der Waals surface area contributed by atoms with Crippen LogP contribution in [0.3, 0.4) is 0 Å². The van der Waals surface area contributed by atoms with Crippen molar-refractivity contribution in [3.63, 3.8) is 0 Å². The number of halogens is 2. The second-order valence-electron chi connectivity index (χ2n) is 3.66. The molecule has 0 aromatic rings. The van der Waals surface area contributed by atoms with E-state index in [4.69, 9.17) is 16.3 Å². The van der Waals surface area contributed by atoms with Crippen molar-refractivity contribution in [1.82, 2.24) is 0 Å². The van der Waals surface area contributed by atoms with Crippen LogP contribution < -0.4 is 0 Å². The van der Waals surface area contributed by atoms with E-state index in [-0.39, 0.29) is 0 Å². The largest absolute Gasteiger partial charge is 0.365 e. The summed E-state index contributed by atoms with van der Waals surface area (Å²) in [7, 11) is 0. The molecule has 1 nitrogen and oxygen atoms in total. The van der Waals surface area contributed by atoms with E-state index in [1.165, 1.54) is 0 Å². The first-order valence-electron chi connectivity index (χ1n) is 3.17. The highest BCUT2D eigenvalue weighted by Crippen LogP contribution is 2.67. The Morgan fingerprint density at radius 3 is 2.20 bits per heavy atom. The van der Waals surface area contributed by atoms with Crippen LogP contribution in [-0.4, -0.2) is 37.2 Å². The van der Waals surface area contributed by atoms with E-state index in [1.54, 1.807) is 0 Å². The third kappa shape index (κ3) is 9.33. The van der Waals surface area contributed by atoms with E-state index in [2.05, 4.69) is 40.0 Å². The Morgan fingerprint density at radius 2 is 1.90 bits per heavy atom. The lowest BCUT2D eigenvalue weighted by atomic mass is 10.9. The minimum Gasteiger partial charge on any atom is -0.365 e. The van der Waals surface area contributed by atoms with Crippen LogP contribution >= 0.6 is 39.1 Å². The molecule has 0 aromatic heterocycles. The molecule has 0 radical (unpaired) electrons. The molecule has 0 amide bonds. The summed E-state index contributed by atoms with van der Waals surface area (Å²) in [6.07, 6.45) is 5.61. The lowest BCUT2D eigenvalue weighted by Crippen LogP contribution is -2.13. The summed E-state index contributed by atoms with van der Waals surface area (Å²) in [6.45, 7) is 0.799. The van der Waals surface area contributed by atoms with Gasteiger partial charge in [0.15, 0.2) is 0 Å². The third-order valence-corrected chi connectivity index (χ3v) is 4.36. The van der Waals surface area contributed by atoms with Gasteiger partial charge in [-0.2, -0.15) is 0 Å². The summed E-state index contributed by atoms with van der Waals surface area (Å²) in [5.41, 5.74) is 0. The molecule has 66 valence electrons. The third-order valence-electron chi connectivity index (χ3n) is 1.07. The summed E-state index contributed by atoms with van der Waals surface area (Å²) < 4.78 is 5.07. The number of thiol groups is 1. The molecule has 0 heterocycles. The topological polar surface area (TPSA) is 9.23 Å². The summed E-state index contributed by atoms with van der Waals surface area (Å²) >= 11 is 7.92. The average Bonchev–Trinajstić information content (AvgIpc) is 1.61. The first-order chi connectivity index (χ1) is 4.31. The monoisotopic (exact) mass is 298 g/mol. The first kappa shape index (κ1) is 11.3. The van der Waals surface area contributed by atoms with Gasteiger partial charge < -0.3 is 4.74 Å². The summed E-state index contributed by atoms with van der Waals surface area (Å²) in [5.74, 6) is 1.15. The van der Waals surface area contributed by atoms with Crippen LogP contribution in [0.25, 0.3) is 0 Å². The van der Waals surface area contributed by atoms with Crippen molar-refractivity contribution in [2.24, 2.45) is 0 Å². The van der Waals surface area contributed by atoms with Gasteiger partial charge in [-0.3, -0.25) is 0 Å². The van der Waals surface area contributed by atoms with E-state index in [9.17, 15) is 0 Å². The van der Waals surface area contributed by atoms with E-state index in [1.807, 2.05) is 0 Å². The quantitative estimate of drug-likeness (QED) is 0.363. The van der Waals surface area contributed by atoms with Crippen molar-refractivity contribution in [1.29, 1.82) is 0 Å². The molecule has 0 rings (SSSR count). The zero-order valence-corrected chi connectivity index (χ0v) is 10.5. The standard InChI is InChI=1S/C6H16ClIOS/c1-10(2,3,8)5-4-9-6-7/h10H,4-6H2,1-3H3. The highest BCUT2D eigenvalue weighted by atomic mass is 127. The normalized spacial score (nSPS) is 16.3. The molecule has 0 saturated carbocycles. The molecular formula is C6H16ClIOS. The van der Waals surface area contributed by atoms with Crippen molar-refractivity contribution in [2.75, 3.05) is 37.2 Å². The van der Waals surface area contributed by atoms with Crippen LogP contribution in [0.15, 0.2) is 0 Å². The molecule has 0 aliphatic rings. The Bertz CT molecular complexity index is 101. The number of rotatable bonds is 4. The Hall–Kier alpha value is 1.33. The van der Waals surface area contributed by atoms with Gasteiger partial charge in [0.05, 0.1) is 6.61 Å². The fraction of sp³-hybridized carbons (Fsp3) is 1.00. The van der Waals surface area contributed by atoms with Crippen LogP contribution in [-0.2, 0) is 4.74 Å². The molecule has 0 bridgehead atoms. The van der Waals surface area contributed by atoms with Crippen molar-refractivity contribution in [3.05, 3.63) is 0 Å². The molecule has 0 unspecified atom stereocenters. The zero-order valence-electron chi connectivity index (χ0n) is 6.73. The second kappa shape index (κ2) is 3.83. The van der Waals surface area contributed by atoms with Gasteiger partial charge in [-0.15, -0.1) is 0 Å². The fourth-order valence-electron chi connectivity index (χ4n) is 0.427. The van der Waals surface area contributed by atoms with E-state index >= 15 is 0 Å². The van der Waals surface area contributed by atoms with Gasteiger partial charge in [0.1, 0.15) is 6.07 Å². The maximum absolute atomic E-state index is 5.37. The molecular weight excluding hydrogens is 282 g/mol. The van der Waals surface area contributed by atoms with E-state index in [0.717, 1.165) is 12.4 Å². The lowest BCUT2D eigenvalue weighted by Gasteiger charge is -2.44. The Kier molecular flexibility index (Phi) is 4.34. The molecule has 0 aliphatic carbocycles. The molecule has 10 heavy (non-hydrogen) atoms. The number of alkyl halides is 1. The Morgan fingerprint density at radius 1 is 1.40 bits per heavy atom. The van der Waals surface area contributed by atoms with Crippen molar-refractivity contribution in [3.8, 4) is 0 Å². The summed E-state index contributed by atoms with van der Waals surface area (Å²) in [5, 5.41) is 0. The van der Waals surface area contributed by atoms with Gasteiger partial charge in [-0.25, -0.2) is 6.33 Å². The van der Waals surface area contributed by atoms with Gasteiger partial charge in [-0.1, -0.05) is 11.6 Å². The SMILES string of the molecule is C[SH](C)(C)(I)CCOCCl. The Balaban J connectivity index is 3.49. The molecule has 0 spiro atoms. The second-order valence-corrected chi connectivity index (χ2v) is 20.9. The van der Waals surface area contributed by atoms with Crippen molar-refractivity contribution >= 4 is 39.1 Å². The number of hydrogen-bond acceptors (Lipinski definition) is 1. The van der Waals surface area contributed by atoms with Crippen LogP contribution in [0, 0.1) is 0 Å². The number of ether oxygens (including phenoxy) is 1. The molecule has 0 saturated heterocycles. The van der Waals surface area contributed by atoms with Gasteiger partial charge in [0, 0.05) is 0 Å². The molecule has 0 fully saturated rings. The zero-order chi connectivity index (χ0) is 8.28. The Labute approximate surface area is 80.7 Å². The minimum absolute atomic E-state index is 0.323. The molecule has 0 atom stereocenters. The smallest absolute Gasteiger partial charge is 0.120 e. The van der Waals surface area contributed by atoms with Crippen LogP contribution in [0.5, 0.6) is 0 Å². The van der Waals surface area contributed by atoms with Crippen molar-refractivity contribution < 1.29 is 4.74 Å². The summed E-state index contributed by atoms with van der Waals surface area (Å²) in [6, 6.07) is 0.323. The maximum Gasteiger partial charge on any atom is 0.120 e. The minimum atomic E-state index is -1.36. The van der Waals surface area contributed by atoms with Crippen LogP contribution in [0.2, 0.25) is 0 Å². The van der Waals surface area contributed by atoms with Crippen molar-refractivity contribution in [2.45, 2.75) is 0 Å². The van der Waals surface area contributed by atoms with Gasteiger partial charge in [0.25, 0.3) is 0 Å². The van der Waals surface area contributed by atoms with Crippen LogP contribution in [0.4, 0.5) is 0 Å². The highest BCUT2D eigenvalue weighted by molar-refractivity contribution is 14.2. The first-order valence-corrected chi connectivity index (χ1v) is 10.3. The summed E-state index contributed by atoms with van der Waals surface area (Å²) in [4.78, 5) is 0. The highest BCUT2D eigenvalue weighted by Gasteiger charge is 2.19. The van der Waals surface area contributed by atoms with Gasteiger partial charge in [-0.05, 0) is 45.7 Å². The van der Waals surface area contributed by atoms with E-state index in [0.29, 0.717) is 6.07 Å². The predicted molar refractivity (Wildman–Crippen MR) is 62.3 cm³/mol. The van der Waals surface area contributed by atoms with Gasteiger partial charge >= 0.3 is 0 Å². The predicted octanol–water partition coefficient (Wildman–Crippen LogP) is 2.51. The fourth-order valence-corrected chi connectivity index (χ4v) is 1.87. The number of hydrogen-bond donors (Lipinski definition) is 1. The molecule has 0 aliphatic heterocycles. The van der Waals surface area contributed by atoms with E-state index < -0.39 is 6.33 Å². The lowest BCUT2D eigenvalue weighted by molar-refractivity contribution is 0.198. The van der Waals surface area contributed by atoms with Crippen LogP contribution in [0.1, 0.15) is 0 Å². The molecule has 0 aromatic carbocycles. The molecule has 4 heteroatoms. The molecule has 0 N–H and O–H groups in total. The average molecular weight is 299 g/mol. The maximum atomic E-state index is 5.37. The van der Waals surface area contributed by atoms with Gasteiger partial charge in [0.2, 0.25) is 0 Å².